The number of hydrogen-bond donors (Lipinski definition) is 0. The second-order valence-electron chi connectivity index (χ2n) is 11.1. The van der Waals surface area contributed by atoms with Gasteiger partial charge in [-0.3, -0.25) is 0 Å². The first kappa shape index (κ1) is 12.9. The van der Waals surface area contributed by atoms with E-state index < -0.39 is 263 Å². The van der Waals surface area contributed by atoms with Gasteiger partial charge in [-0.25, -0.2) is 9.97 Å². The third-order valence-corrected chi connectivity index (χ3v) is 9.22. The molecule has 3 heterocycles. The molecule has 11 rings (SSSR count). The molecule has 0 unspecified atom stereocenters. The molecule has 11 aromatic rings. The van der Waals surface area contributed by atoms with E-state index in [1.807, 2.05) is 0 Å². The van der Waals surface area contributed by atoms with Gasteiger partial charge in [0.15, 0.2) is 5.82 Å². The molecule has 0 amide bonds. The first-order valence-electron chi connectivity index (χ1n) is 29.2. The van der Waals surface area contributed by atoms with Crippen LogP contribution in [0.15, 0.2) is 174 Å². The number of nitrogens with zero attached hydrogens (tertiary/aromatic N) is 2. The summed E-state index contributed by atoms with van der Waals surface area (Å²) in [6, 6.07) is -23.4. The lowest BCUT2D eigenvalue weighted by molar-refractivity contribution is 0.669. The van der Waals surface area contributed by atoms with Crippen molar-refractivity contribution < 1.29 is 42.8 Å². The van der Waals surface area contributed by atoms with Crippen molar-refractivity contribution in [2.24, 2.45) is 0 Å². The molecule has 0 fully saturated rings. The lowest BCUT2D eigenvalue weighted by atomic mass is 9.96. The van der Waals surface area contributed by atoms with Gasteiger partial charge in [0.25, 0.3) is 0 Å². The van der Waals surface area contributed by atoms with E-state index in [2.05, 4.69) is 0 Å². The molecule has 3 nitrogen and oxygen atoms in total. The van der Waals surface area contributed by atoms with Gasteiger partial charge in [-0.2, -0.15) is 0 Å². The maximum Gasteiger partial charge on any atom is 0.161 e. The molecular formula is C48H28N2OS. The lowest BCUT2D eigenvalue weighted by Crippen LogP contribution is -1.95. The summed E-state index contributed by atoms with van der Waals surface area (Å²) in [4.78, 5) is 9.45. The fraction of sp³-hybridized carbons (Fsp3) is 0. The zero-order chi connectivity index (χ0) is 58.5. The van der Waals surface area contributed by atoms with Crippen molar-refractivity contribution in [3.8, 4) is 44.9 Å². The van der Waals surface area contributed by atoms with Crippen LogP contribution in [0.5, 0.6) is 0 Å². The predicted octanol–water partition coefficient (Wildman–Crippen LogP) is 13.7. The van der Waals surface area contributed by atoms with E-state index in [0.717, 1.165) is 0 Å². The van der Waals surface area contributed by atoms with Crippen LogP contribution in [0.25, 0.3) is 109 Å². The molecule has 4 heteroatoms. The van der Waals surface area contributed by atoms with Gasteiger partial charge in [0.05, 0.1) is 54.3 Å². The minimum atomic E-state index is -0.992. The minimum Gasteiger partial charge on any atom is -0.456 e. The largest absolute Gasteiger partial charge is 0.456 e. The molecule has 0 N–H and O–H groups in total. The van der Waals surface area contributed by atoms with Gasteiger partial charge >= 0.3 is 0 Å². The third-order valence-electron chi connectivity index (χ3n) is 8.12. The Bertz CT molecular complexity index is 4790. The molecule has 0 aliphatic heterocycles. The highest BCUT2D eigenvalue weighted by atomic mass is 32.1. The summed E-state index contributed by atoms with van der Waals surface area (Å²) in [6.45, 7) is 0. The Labute approximate surface area is 342 Å². The number of aromatic nitrogens is 2. The fourth-order valence-corrected chi connectivity index (χ4v) is 6.83. The predicted molar refractivity (Wildman–Crippen MR) is 219 cm³/mol. The highest BCUT2D eigenvalue weighted by Gasteiger charge is 2.21. The van der Waals surface area contributed by atoms with E-state index in [-0.39, 0.29) is 14.8 Å². The quantitative estimate of drug-likeness (QED) is 0.183. The average Bonchev–Trinajstić information content (AvgIpc) is 4.02. The molecule has 0 aliphatic rings. The van der Waals surface area contributed by atoms with Gasteiger partial charge in [0.1, 0.15) is 11.2 Å². The third kappa shape index (κ3) is 4.65. The normalized spacial score (nSPS) is 19.4. The molecule has 0 spiro atoms. The molecule has 242 valence electrons. The zero-order valence-corrected chi connectivity index (χ0v) is 26.5. The molecular weight excluding hydrogens is 653 g/mol. The van der Waals surface area contributed by atoms with Crippen LogP contribution >= 0.6 is 11.3 Å². The summed E-state index contributed by atoms with van der Waals surface area (Å²) in [6.07, 6.45) is 0. The SMILES string of the molecule is [2H]c1c([2H])c(-c2nc(-c3c([2H])c(-c4c([2H])c([2H])c5c([2H])c([2H])c([2H])c([2H])c5c4[2H])c([2H])c4oc5c([2H])c([2H])c([2H])c([2H])c5c34)nc3c2sc2c([2H])c([2H])c([2H])c([2H])c23)c([2H])c([2H])c1-c1c([2H])c([2H])c2c([2H])c([2H])c([2H])c([2H])c2c1[2H]. The van der Waals surface area contributed by atoms with Gasteiger partial charge in [0.2, 0.25) is 0 Å². The van der Waals surface area contributed by atoms with Crippen LogP contribution in [0.4, 0.5) is 0 Å². The van der Waals surface area contributed by atoms with Crippen molar-refractivity contribution in [2.75, 3.05) is 0 Å². The Balaban J connectivity index is 1.34. The summed E-state index contributed by atoms with van der Waals surface area (Å²) < 4.78 is 256. The highest BCUT2D eigenvalue weighted by molar-refractivity contribution is 7.26. The first-order valence-corrected chi connectivity index (χ1v) is 16.0. The van der Waals surface area contributed by atoms with Crippen molar-refractivity contribution in [1.82, 2.24) is 9.97 Å². The smallest absolute Gasteiger partial charge is 0.161 e. The highest BCUT2D eigenvalue weighted by Crippen LogP contribution is 2.43. The summed E-state index contributed by atoms with van der Waals surface area (Å²) in [7, 11) is 0. The van der Waals surface area contributed by atoms with Gasteiger partial charge < -0.3 is 4.42 Å². The molecule has 0 radical (unpaired) electrons. The maximum absolute atomic E-state index is 10.1. The van der Waals surface area contributed by atoms with Crippen LogP contribution in [0.3, 0.4) is 0 Å². The second kappa shape index (κ2) is 11.5. The number of para-hydroxylation sites is 1. The van der Waals surface area contributed by atoms with Gasteiger partial charge in [-0.05, 0) is 80.1 Å². The Morgan fingerprint density at radius 1 is 0.462 bits per heavy atom. The number of rotatable bonds is 4. The van der Waals surface area contributed by atoms with Crippen molar-refractivity contribution in [1.29, 1.82) is 0 Å². The summed E-state index contributed by atoms with van der Waals surface area (Å²) in [5.41, 5.74) is -6.62. The second-order valence-corrected chi connectivity index (χ2v) is 12.2. The Morgan fingerprint density at radius 3 is 1.81 bits per heavy atom. The van der Waals surface area contributed by atoms with Crippen LogP contribution in [0.2, 0.25) is 0 Å². The van der Waals surface area contributed by atoms with Crippen molar-refractivity contribution in [3.05, 3.63) is 169 Å². The number of fused-ring (bicyclic) bond motifs is 8. The van der Waals surface area contributed by atoms with Gasteiger partial charge in [0, 0.05) is 32.0 Å². The van der Waals surface area contributed by atoms with E-state index in [9.17, 15) is 11.0 Å². The topological polar surface area (TPSA) is 38.9 Å². The molecule has 0 aliphatic carbocycles. The Kier molecular flexibility index (Phi) is 2.83. The molecule has 52 heavy (non-hydrogen) atoms. The number of furan rings is 1. The van der Waals surface area contributed by atoms with E-state index in [4.69, 9.17) is 41.8 Å². The van der Waals surface area contributed by atoms with Gasteiger partial charge in [-0.15, -0.1) is 11.3 Å². The van der Waals surface area contributed by atoms with Crippen LogP contribution in [0.1, 0.15) is 38.4 Å². The molecule has 0 bridgehead atoms. The maximum atomic E-state index is 10.1. The fourth-order valence-electron chi connectivity index (χ4n) is 5.78. The molecule has 0 atom stereocenters. The number of thiophene rings is 1. The standard InChI is InChI=1S/C48H28N2OS/c1-3-11-33-25-35(23-19-29(33)9-1)31-17-21-32(22-18-31)45-47-46(39-14-6-8-16-43(39)52-47)50-48(49-45)40-27-37(36-24-20-30-10-2-4-12-34(30)26-36)28-42-44(40)38-13-5-7-15-41(38)51-42/h1-28H/i1D,2D,3D,4D,5D,6D,7D,8D,9D,10D,11D,12D,13D,14D,15D,16D,17D,18D,19D,20D,21D,22D,23D,24D,25D,26D,27D,28D. The summed E-state index contributed by atoms with van der Waals surface area (Å²) in [5.74, 6) is -0.761. The monoisotopic (exact) mass is 708 g/mol. The van der Waals surface area contributed by atoms with Crippen LogP contribution < -0.4 is 0 Å². The number of hydrogen-bond acceptors (Lipinski definition) is 4. The van der Waals surface area contributed by atoms with Crippen molar-refractivity contribution >= 4 is 75.1 Å². The number of benzene rings is 8. The molecule has 3 aromatic heterocycles. The van der Waals surface area contributed by atoms with Gasteiger partial charge in [-0.1, -0.05) is 133 Å². The Hall–Kier alpha value is -6.62. The molecule has 0 saturated carbocycles. The van der Waals surface area contributed by atoms with Crippen molar-refractivity contribution in [2.45, 2.75) is 0 Å². The zero-order valence-electron chi connectivity index (χ0n) is 53.7. The van der Waals surface area contributed by atoms with Crippen molar-refractivity contribution in [3.63, 3.8) is 0 Å². The van der Waals surface area contributed by atoms with E-state index in [1.165, 1.54) is 0 Å². The molecule has 8 aromatic carbocycles. The van der Waals surface area contributed by atoms with E-state index in [1.54, 1.807) is 0 Å². The van der Waals surface area contributed by atoms with E-state index >= 15 is 0 Å². The Morgan fingerprint density at radius 2 is 1.06 bits per heavy atom. The minimum absolute atomic E-state index is 0.185. The van der Waals surface area contributed by atoms with Crippen LogP contribution in [0, 0.1) is 0 Å². The average molecular weight is 709 g/mol. The van der Waals surface area contributed by atoms with E-state index in [0.29, 0.717) is 11.3 Å². The lowest BCUT2D eigenvalue weighted by Gasteiger charge is -2.11. The summed E-state index contributed by atoms with van der Waals surface area (Å²) >= 11 is 0.618. The molecule has 0 saturated heterocycles. The first-order chi connectivity index (χ1) is 37.4. The summed E-state index contributed by atoms with van der Waals surface area (Å²) in [5, 5.41) is -3.51. The van der Waals surface area contributed by atoms with Crippen LogP contribution in [-0.4, -0.2) is 9.97 Å². The van der Waals surface area contributed by atoms with Crippen LogP contribution in [-0.2, 0) is 0 Å².